The molecule has 0 bridgehead atoms. The van der Waals surface area contributed by atoms with Crippen molar-refractivity contribution >= 4 is 23.6 Å². The molecule has 0 saturated carbocycles. The number of thioether (sulfide) groups is 1. The molecule has 1 heterocycles. The van der Waals surface area contributed by atoms with Crippen LogP contribution in [0.15, 0.2) is 0 Å². The van der Waals surface area contributed by atoms with E-state index in [0.29, 0.717) is 18.8 Å². The van der Waals surface area contributed by atoms with E-state index < -0.39 is 6.04 Å². The first kappa shape index (κ1) is 16.3. The number of hydrogen-bond donors (Lipinski definition) is 2. The van der Waals surface area contributed by atoms with Crippen LogP contribution in [0.2, 0.25) is 0 Å². The van der Waals surface area contributed by atoms with Crippen LogP contribution >= 0.6 is 11.8 Å². The van der Waals surface area contributed by atoms with Crippen LogP contribution < -0.4 is 10.6 Å². The minimum Gasteiger partial charge on any atom is -0.467 e. The standard InChI is InChI=1S/C13H24N2O3S/c1-9(2)6-11(13(17)18-3)15-12(16)7-10-8-19-5-4-14-10/h9-11,14H,4-8H2,1-3H3,(H,15,16)/t10?,11-/m0/s1. The fourth-order valence-electron chi connectivity index (χ4n) is 2.06. The molecule has 0 radical (unpaired) electrons. The molecule has 0 aromatic carbocycles. The van der Waals surface area contributed by atoms with E-state index in [1.165, 1.54) is 7.11 Å². The van der Waals surface area contributed by atoms with Crippen molar-refractivity contribution in [3.05, 3.63) is 0 Å². The molecule has 1 saturated heterocycles. The van der Waals surface area contributed by atoms with Gasteiger partial charge in [-0.15, -0.1) is 0 Å². The van der Waals surface area contributed by atoms with Gasteiger partial charge in [0.1, 0.15) is 6.04 Å². The number of esters is 1. The molecular formula is C13H24N2O3S. The summed E-state index contributed by atoms with van der Waals surface area (Å²) in [4.78, 5) is 23.6. The molecule has 5 nitrogen and oxygen atoms in total. The molecule has 1 aliphatic heterocycles. The molecule has 2 atom stereocenters. The van der Waals surface area contributed by atoms with Gasteiger partial charge in [-0.1, -0.05) is 13.8 Å². The summed E-state index contributed by atoms with van der Waals surface area (Å²) in [5.74, 6) is 1.91. The molecule has 0 aliphatic carbocycles. The van der Waals surface area contributed by atoms with Crippen molar-refractivity contribution in [2.75, 3.05) is 25.2 Å². The SMILES string of the molecule is COC(=O)[C@H](CC(C)C)NC(=O)CC1CSCCN1. The number of hydrogen-bond acceptors (Lipinski definition) is 5. The Balaban J connectivity index is 2.43. The molecule has 6 heteroatoms. The lowest BCUT2D eigenvalue weighted by Crippen LogP contribution is -2.46. The largest absolute Gasteiger partial charge is 0.467 e. The quantitative estimate of drug-likeness (QED) is 0.707. The molecule has 1 unspecified atom stereocenters. The van der Waals surface area contributed by atoms with Gasteiger partial charge in [-0.2, -0.15) is 11.8 Å². The number of ether oxygens (including phenoxy) is 1. The topological polar surface area (TPSA) is 67.4 Å². The third kappa shape index (κ3) is 6.29. The van der Waals surface area contributed by atoms with Gasteiger partial charge in [-0.25, -0.2) is 4.79 Å². The second kappa shape index (κ2) is 8.43. The van der Waals surface area contributed by atoms with Crippen LogP contribution in [0, 0.1) is 5.92 Å². The Morgan fingerprint density at radius 3 is 2.74 bits per heavy atom. The Kier molecular flexibility index (Phi) is 7.23. The van der Waals surface area contributed by atoms with Gasteiger partial charge in [0.05, 0.1) is 7.11 Å². The first-order valence-electron chi connectivity index (χ1n) is 6.71. The lowest BCUT2D eigenvalue weighted by atomic mass is 10.0. The van der Waals surface area contributed by atoms with E-state index in [9.17, 15) is 9.59 Å². The van der Waals surface area contributed by atoms with Crippen LogP contribution in [0.1, 0.15) is 26.7 Å². The average molecular weight is 288 g/mol. The highest BCUT2D eigenvalue weighted by molar-refractivity contribution is 7.99. The third-order valence-corrected chi connectivity index (χ3v) is 4.09. The van der Waals surface area contributed by atoms with Crippen molar-refractivity contribution in [2.24, 2.45) is 5.92 Å². The zero-order valence-corrected chi connectivity index (χ0v) is 12.7. The summed E-state index contributed by atoms with van der Waals surface area (Å²) in [6.45, 7) is 4.97. The fourth-order valence-corrected chi connectivity index (χ4v) is 3.00. The highest BCUT2D eigenvalue weighted by Crippen LogP contribution is 2.11. The number of nitrogens with one attached hydrogen (secondary N) is 2. The summed E-state index contributed by atoms with van der Waals surface area (Å²) >= 11 is 1.85. The number of amides is 1. The van der Waals surface area contributed by atoms with Crippen molar-refractivity contribution in [1.82, 2.24) is 10.6 Å². The number of carbonyl (C=O) groups excluding carboxylic acids is 2. The average Bonchev–Trinajstić information content (AvgIpc) is 2.37. The van der Waals surface area contributed by atoms with Gasteiger partial charge in [0, 0.05) is 30.5 Å². The molecule has 0 aromatic heterocycles. The van der Waals surface area contributed by atoms with E-state index in [-0.39, 0.29) is 17.9 Å². The maximum absolute atomic E-state index is 12.0. The van der Waals surface area contributed by atoms with Gasteiger partial charge in [0.2, 0.25) is 5.91 Å². The van der Waals surface area contributed by atoms with Gasteiger partial charge in [0.15, 0.2) is 0 Å². The van der Waals surface area contributed by atoms with Crippen LogP contribution in [-0.2, 0) is 14.3 Å². The fraction of sp³-hybridized carbons (Fsp3) is 0.846. The Bertz CT molecular complexity index is 304. The molecule has 110 valence electrons. The Hall–Kier alpha value is -0.750. The summed E-state index contributed by atoms with van der Waals surface area (Å²) in [5, 5.41) is 6.09. The number of rotatable bonds is 6. The smallest absolute Gasteiger partial charge is 0.328 e. The van der Waals surface area contributed by atoms with Crippen molar-refractivity contribution in [1.29, 1.82) is 0 Å². The first-order valence-corrected chi connectivity index (χ1v) is 7.86. The van der Waals surface area contributed by atoms with Crippen LogP contribution in [0.5, 0.6) is 0 Å². The van der Waals surface area contributed by atoms with Gasteiger partial charge in [0.25, 0.3) is 0 Å². The third-order valence-electron chi connectivity index (χ3n) is 2.96. The van der Waals surface area contributed by atoms with Crippen molar-refractivity contribution < 1.29 is 14.3 Å². The summed E-state index contributed by atoms with van der Waals surface area (Å²) in [5.41, 5.74) is 0. The molecule has 1 amide bonds. The van der Waals surface area contributed by atoms with Gasteiger partial charge < -0.3 is 15.4 Å². The van der Waals surface area contributed by atoms with Crippen LogP contribution in [0.4, 0.5) is 0 Å². The van der Waals surface area contributed by atoms with Gasteiger partial charge in [-0.3, -0.25) is 4.79 Å². The molecule has 1 aliphatic rings. The molecule has 1 fully saturated rings. The van der Waals surface area contributed by atoms with E-state index in [0.717, 1.165) is 18.1 Å². The lowest BCUT2D eigenvalue weighted by molar-refractivity contribution is -0.145. The lowest BCUT2D eigenvalue weighted by Gasteiger charge is -2.24. The predicted molar refractivity (Wildman–Crippen MR) is 77.1 cm³/mol. The Labute approximate surface area is 119 Å². The van der Waals surface area contributed by atoms with E-state index in [2.05, 4.69) is 10.6 Å². The molecule has 19 heavy (non-hydrogen) atoms. The van der Waals surface area contributed by atoms with E-state index in [4.69, 9.17) is 4.74 Å². The molecular weight excluding hydrogens is 264 g/mol. The van der Waals surface area contributed by atoms with Gasteiger partial charge >= 0.3 is 5.97 Å². The first-order chi connectivity index (χ1) is 9.02. The second-order valence-electron chi connectivity index (χ2n) is 5.20. The highest BCUT2D eigenvalue weighted by Gasteiger charge is 2.24. The van der Waals surface area contributed by atoms with E-state index >= 15 is 0 Å². The minimum absolute atomic E-state index is 0.0870. The van der Waals surface area contributed by atoms with Crippen LogP contribution in [0.25, 0.3) is 0 Å². The zero-order valence-electron chi connectivity index (χ0n) is 11.9. The number of carbonyl (C=O) groups is 2. The van der Waals surface area contributed by atoms with Crippen molar-refractivity contribution in [2.45, 2.75) is 38.8 Å². The molecule has 1 rings (SSSR count). The monoisotopic (exact) mass is 288 g/mol. The van der Waals surface area contributed by atoms with Crippen LogP contribution in [-0.4, -0.2) is 49.1 Å². The summed E-state index contributed by atoms with van der Waals surface area (Å²) in [7, 11) is 1.35. The van der Waals surface area contributed by atoms with Crippen molar-refractivity contribution in [3.8, 4) is 0 Å². The molecule has 0 spiro atoms. The normalized spacial score (nSPS) is 20.9. The van der Waals surface area contributed by atoms with E-state index in [1.54, 1.807) is 0 Å². The van der Waals surface area contributed by atoms with E-state index in [1.807, 2.05) is 25.6 Å². The second-order valence-corrected chi connectivity index (χ2v) is 6.35. The molecule has 0 aromatic rings. The highest BCUT2D eigenvalue weighted by atomic mass is 32.2. The van der Waals surface area contributed by atoms with Gasteiger partial charge in [-0.05, 0) is 12.3 Å². The van der Waals surface area contributed by atoms with Crippen molar-refractivity contribution in [3.63, 3.8) is 0 Å². The Morgan fingerprint density at radius 2 is 2.21 bits per heavy atom. The predicted octanol–water partition coefficient (Wildman–Crippen LogP) is 0.785. The number of methoxy groups -OCH3 is 1. The maximum atomic E-state index is 12.0. The van der Waals surface area contributed by atoms with Crippen LogP contribution in [0.3, 0.4) is 0 Å². The summed E-state index contributed by atoms with van der Waals surface area (Å²) < 4.78 is 4.73. The Morgan fingerprint density at radius 1 is 1.47 bits per heavy atom. The summed E-state index contributed by atoms with van der Waals surface area (Å²) in [6, 6.07) is -0.329. The minimum atomic E-state index is -0.534. The maximum Gasteiger partial charge on any atom is 0.328 e. The zero-order chi connectivity index (χ0) is 14.3. The summed E-state index contributed by atoms with van der Waals surface area (Å²) in [6.07, 6.45) is 1.02. The molecule has 2 N–H and O–H groups in total.